The van der Waals surface area contributed by atoms with E-state index in [1.54, 1.807) is 48.5 Å². The number of hydrogen-bond donors (Lipinski definition) is 1. The van der Waals surface area contributed by atoms with E-state index in [1.807, 2.05) is 12.1 Å². The van der Waals surface area contributed by atoms with Crippen molar-refractivity contribution >= 4 is 40.0 Å². The number of hydrogen-bond acceptors (Lipinski definition) is 8. The summed E-state index contributed by atoms with van der Waals surface area (Å²) in [6, 6.07) is 17.7. The number of nitrogens with two attached hydrogens (primary N) is 1. The summed E-state index contributed by atoms with van der Waals surface area (Å²) in [5.74, 6) is -0.766. The number of nitrogen functional groups attached to an aromatic ring is 1. The largest absolute Gasteiger partial charge is 0.448 e. The van der Waals surface area contributed by atoms with Gasteiger partial charge in [-0.15, -0.1) is 10.2 Å². The van der Waals surface area contributed by atoms with Gasteiger partial charge in [-0.1, -0.05) is 83.8 Å². The number of ether oxygens (including phenoxy) is 1. The molecule has 26 heavy (non-hydrogen) atoms. The monoisotopic (exact) mass is 385 g/mol. The van der Waals surface area contributed by atoms with E-state index < -0.39 is 12.1 Å². The van der Waals surface area contributed by atoms with E-state index >= 15 is 0 Å². The molecule has 2 N–H and O–H groups in total. The van der Waals surface area contributed by atoms with Gasteiger partial charge in [-0.3, -0.25) is 9.59 Å². The summed E-state index contributed by atoms with van der Waals surface area (Å²) in [6.07, 6.45) is -0.994. The molecule has 0 spiro atoms. The van der Waals surface area contributed by atoms with Gasteiger partial charge in [-0.2, -0.15) is 0 Å². The number of nitrogens with zero attached hydrogens (tertiary/aromatic N) is 2. The van der Waals surface area contributed by atoms with E-state index in [2.05, 4.69) is 10.2 Å². The van der Waals surface area contributed by atoms with Gasteiger partial charge in [0.2, 0.25) is 10.9 Å². The molecule has 1 atom stereocenters. The molecule has 3 aromatic rings. The lowest BCUT2D eigenvalue weighted by Crippen LogP contribution is -2.21. The predicted octanol–water partition coefficient (Wildman–Crippen LogP) is 3.38. The highest BCUT2D eigenvalue weighted by atomic mass is 32.2. The maximum atomic E-state index is 12.8. The summed E-state index contributed by atoms with van der Waals surface area (Å²) in [6.45, 7) is 0. The average molecular weight is 385 g/mol. The third-order valence-corrected chi connectivity index (χ3v) is 5.24. The maximum Gasteiger partial charge on any atom is 0.317 e. The van der Waals surface area contributed by atoms with Gasteiger partial charge in [0, 0.05) is 11.1 Å². The maximum absolute atomic E-state index is 12.8. The fraction of sp³-hybridized carbons (Fsp3) is 0.111. The summed E-state index contributed by atoms with van der Waals surface area (Å²) in [5, 5.41) is 7.87. The lowest BCUT2D eigenvalue weighted by Gasteiger charge is -2.17. The molecule has 0 amide bonds. The predicted molar refractivity (Wildman–Crippen MR) is 101 cm³/mol. The van der Waals surface area contributed by atoms with Crippen LogP contribution in [-0.2, 0) is 9.53 Å². The lowest BCUT2D eigenvalue weighted by molar-refractivity contribution is -0.144. The average Bonchev–Trinajstić information content (AvgIpc) is 3.10. The van der Waals surface area contributed by atoms with Crippen LogP contribution in [0.5, 0.6) is 0 Å². The van der Waals surface area contributed by atoms with Crippen molar-refractivity contribution in [3.63, 3.8) is 0 Å². The Hall–Kier alpha value is -2.71. The Balaban J connectivity index is 1.73. The summed E-state index contributed by atoms with van der Waals surface area (Å²) < 4.78 is 6.07. The number of carbonyl (C=O) groups is 2. The SMILES string of the molecule is Nc1nnc(SCC(=O)OC(C(=O)c2ccccc2)c2ccccc2)s1. The minimum absolute atomic E-state index is 0.0139. The third-order valence-electron chi connectivity index (χ3n) is 3.38. The first-order valence-corrected chi connectivity index (χ1v) is 9.49. The molecule has 0 bridgehead atoms. The van der Waals surface area contributed by atoms with Crippen LogP contribution < -0.4 is 5.73 Å². The molecule has 0 aliphatic carbocycles. The Morgan fingerprint density at radius 2 is 1.69 bits per heavy atom. The third kappa shape index (κ3) is 4.68. The normalized spacial score (nSPS) is 11.7. The van der Waals surface area contributed by atoms with Crippen molar-refractivity contribution in [2.75, 3.05) is 11.5 Å². The zero-order valence-corrected chi connectivity index (χ0v) is 15.2. The van der Waals surface area contributed by atoms with E-state index in [9.17, 15) is 9.59 Å². The van der Waals surface area contributed by atoms with Gasteiger partial charge in [0.1, 0.15) is 0 Å². The van der Waals surface area contributed by atoms with E-state index in [0.717, 1.165) is 0 Å². The topological polar surface area (TPSA) is 95.2 Å². The van der Waals surface area contributed by atoms with Gasteiger partial charge in [0.05, 0.1) is 5.75 Å². The number of thioether (sulfide) groups is 1. The summed E-state index contributed by atoms with van der Waals surface area (Å²) in [5.41, 5.74) is 6.63. The van der Waals surface area contributed by atoms with Crippen LogP contribution in [0.3, 0.4) is 0 Å². The van der Waals surface area contributed by atoms with Crippen molar-refractivity contribution < 1.29 is 14.3 Å². The van der Waals surface area contributed by atoms with E-state index in [1.165, 1.54) is 23.1 Å². The number of aromatic nitrogens is 2. The number of benzene rings is 2. The molecule has 1 unspecified atom stereocenters. The number of anilines is 1. The van der Waals surface area contributed by atoms with Crippen LogP contribution in [0.15, 0.2) is 65.0 Å². The molecule has 1 heterocycles. The smallest absolute Gasteiger partial charge is 0.317 e. The Morgan fingerprint density at radius 1 is 1.04 bits per heavy atom. The number of rotatable bonds is 7. The molecular weight excluding hydrogens is 370 g/mol. The molecule has 3 rings (SSSR count). The van der Waals surface area contributed by atoms with Crippen molar-refractivity contribution in [2.24, 2.45) is 0 Å². The Morgan fingerprint density at radius 3 is 2.31 bits per heavy atom. The second-order valence-corrected chi connectivity index (χ2v) is 7.44. The van der Waals surface area contributed by atoms with Gasteiger partial charge < -0.3 is 10.5 Å². The van der Waals surface area contributed by atoms with Crippen molar-refractivity contribution in [3.05, 3.63) is 71.8 Å². The van der Waals surface area contributed by atoms with Gasteiger partial charge in [-0.05, 0) is 0 Å². The zero-order chi connectivity index (χ0) is 18.4. The fourth-order valence-electron chi connectivity index (χ4n) is 2.22. The van der Waals surface area contributed by atoms with Crippen LogP contribution in [0, 0.1) is 0 Å². The summed E-state index contributed by atoms with van der Waals surface area (Å²) in [4.78, 5) is 25.1. The number of Topliss-reactive ketones (excluding diaryl/α,β-unsaturated/α-hetero) is 1. The fourth-order valence-corrected chi connectivity index (χ4v) is 3.64. The Bertz CT molecular complexity index is 885. The van der Waals surface area contributed by atoms with Crippen LogP contribution in [0.4, 0.5) is 5.13 Å². The van der Waals surface area contributed by atoms with Crippen LogP contribution in [0.25, 0.3) is 0 Å². The van der Waals surface area contributed by atoms with Crippen molar-refractivity contribution in [1.29, 1.82) is 0 Å². The summed E-state index contributed by atoms with van der Waals surface area (Å²) in [7, 11) is 0. The molecule has 0 saturated heterocycles. The van der Waals surface area contributed by atoms with Gasteiger partial charge in [-0.25, -0.2) is 0 Å². The molecule has 0 aliphatic rings. The number of esters is 1. The van der Waals surface area contributed by atoms with Gasteiger partial charge in [0.15, 0.2) is 10.4 Å². The standard InChI is InChI=1S/C18H15N3O3S2/c19-17-20-21-18(26-17)25-11-14(22)24-16(13-9-5-2-6-10-13)15(23)12-7-3-1-4-8-12/h1-10,16H,11H2,(H2,19,20). The number of carbonyl (C=O) groups excluding carboxylic acids is 2. The Labute approximate surface area is 158 Å². The summed E-state index contributed by atoms with van der Waals surface area (Å²) >= 11 is 2.37. The minimum Gasteiger partial charge on any atom is -0.448 e. The van der Waals surface area contributed by atoms with Crippen molar-refractivity contribution in [3.8, 4) is 0 Å². The molecular formula is C18H15N3O3S2. The van der Waals surface area contributed by atoms with E-state index in [-0.39, 0.29) is 11.5 Å². The second-order valence-electron chi connectivity index (χ2n) is 5.21. The van der Waals surface area contributed by atoms with Crippen LogP contribution in [0.1, 0.15) is 22.0 Å². The van der Waals surface area contributed by atoms with Crippen molar-refractivity contribution in [2.45, 2.75) is 10.4 Å². The quantitative estimate of drug-likeness (QED) is 0.378. The highest BCUT2D eigenvalue weighted by molar-refractivity contribution is 8.01. The van der Waals surface area contributed by atoms with Gasteiger partial charge >= 0.3 is 5.97 Å². The molecule has 0 aliphatic heterocycles. The minimum atomic E-state index is -0.994. The zero-order valence-electron chi connectivity index (χ0n) is 13.6. The molecule has 8 heteroatoms. The van der Waals surface area contributed by atoms with Crippen LogP contribution >= 0.6 is 23.1 Å². The molecule has 2 aromatic carbocycles. The highest BCUT2D eigenvalue weighted by Crippen LogP contribution is 2.26. The van der Waals surface area contributed by atoms with Gasteiger partial charge in [0.25, 0.3) is 0 Å². The van der Waals surface area contributed by atoms with Crippen LogP contribution in [0.2, 0.25) is 0 Å². The Kier molecular flexibility index (Phi) is 5.98. The lowest BCUT2D eigenvalue weighted by atomic mass is 10.00. The molecule has 0 saturated carbocycles. The highest BCUT2D eigenvalue weighted by Gasteiger charge is 2.26. The number of ketones is 1. The molecule has 0 fully saturated rings. The molecule has 6 nitrogen and oxygen atoms in total. The first kappa shape index (κ1) is 18.1. The van der Waals surface area contributed by atoms with Crippen LogP contribution in [-0.4, -0.2) is 27.7 Å². The van der Waals surface area contributed by atoms with E-state index in [4.69, 9.17) is 10.5 Å². The first-order chi connectivity index (χ1) is 12.6. The molecule has 1 aromatic heterocycles. The molecule has 0 radical (unpaired) electrons. The van der Waals surface area contributed by atoms with Crippen molar-refractivity contribution in [1.82, 2.24) is 10.2 Å². The first-order valence-electron chi connectivity index (χ1n) is 7.69. The second kappa shape index (κ2) is 8.59. The molecule has 132 valence electrons. The van der Waals surface area contributed by atoms with E-state index in [0.29, 0.717) is 20.6 Å².